The molecule has 1 aromatic carbocycles. The van der Waals surface area contributed by atoms with Gasteiger partial charge in [-0.15, -0.1) is 0 Å². The molecule has 0 amide bonds. The van der Waals surface area contributed by atoms with E-state index in [0.717, 1.165) is 6.26 Å². The van der Waals surface area contributed by atoms with E-state index in [4.69, 9.17) is 16.3 Å². The molecule has 1 aliphatic carbocycles. The summed E-state index contributed by atoms with van der Waals surface area (Å²) in [7, 11) is -2.16. The molecule has 1 saturated carbocycles. The molecule has 2 rings (SSSR count). The number of rotatable bonds is 5. The van der Waals surface area contributed by atoms with Crippen LogP contribution < -0.4 is 0 Å². The van der Waals surface area contributed by atoms with Crippen LogP contribution in [0.25, 0.3) is 0 Å². The minimum absolute atomic E-state index is 0.156. The van der Waals surface area contributed by atoms with E-state index in [1.807, 2.05) is 0 Å². The molecule has 0 aromatic heterocycles. The number of ether oxygens (including phenoxy) is 1. The van der Waals surface area contributed by atoms with E-state index in [9.17, 15) is 18.3 Å². The predicted molar refractivity (Wildman–Crippen MR) is 74.8 cm³/mol. The van der Waals surface area contributed by atoms with Gasteiger partial charge in [0.2, 0.25) is 0 Å². The van der Waals surface area contributed by atoms with Crippen LogP contribution in [0.5, 0.6) is 0 Å². The maximum absolute atomic E-state index is 11.9. The Morgan fingerprint density at radius 3 is 2.60 bits per heavy atom. The van der Waals surface area contributed by atoms with Gasteiger partial charge >= 0.3 is 5.97 Å². The van der Waals surface area contributed by atoms with Crippen molar-refractivity contribution in [2.45, 2.75) is 11.2 Å². The number of sulfone groups is 1. The lowest BCUT2D eigenvalue weighted by atomic mass is 10.00. The highest BCUT2D eigenvalue weighted by molar-refractivity contribution is 7.91. The number of hydrogen-bond acceptors (Lipinski definition) is 4. The summed E-state index contributed by atoms with van der Waals surface area (Å²) in [5.41, 5.74) is -0.833. The van der Waals surface area contributed by atoms with Gasteiger partial charge in [-0.25, -0.2) is 8.42 Å². The van der Waals surface area contributed by atoms with Crippen molar-refractivity contribution in [3.8, 4) is 0 Å². The zero-order chi connectivity index (χ0) is 15.1. The molecule has 110 valence electrons. The summed E-state index contributed by atoms with van der Waals surface area (Å²) >= 11 is 5.90. The highest BCUT2D eigenvalue weighted by Crippen LogP contribution is 2.63. The monoisotopic (exact) mass is 318 g/mol. The van der Waals surface area contributed by atoms with Gasteiger partial charge < -0.3 is 9.84 Å². The molecule has 1 N–H and O–H groups in total. The molecule has 0 saturated heterocycles. The first kappa shape index (κ1) is 15.3. The van der Waals surface area contributed by atoms with Crippen molar-refractivity contribution >= 4 is 27.4 Å². The van der Waals surface area contributed by atoms with Crippen LogP contribution in [0, 0.1) is 5.41 Å². The van der Waals surface area contributed by atoms with Gasteiger partial charge in [0.1, 0.15) is 5.41 Å². The SMILES string of the molecule is COC[C@@]1(C(=O)O)[C@@H](c2cccc(Cl)c2)[C@@H]1S(C)(=O)=O. The van der Waals surface area contributed by atoms with Crippen LogP contribution in [-0.2, 0) is 19.4 Å². The van der Waals surface area contributed by atoms with E-state index in [0.29, 0.717) is 10.6 Å². The number of benzene rings is 1. The summed E-state index contributed by atoms with van der Waals surface area (Å²) in [5, 5.41) is 8.94. The molecule has 5 nitrogen and oxygen atoms in total. The third-order valence-electron chi connectivity index (χ3n) is 3.71. The Bertz CT molecular complexity index is 642. The zero-order valence-electron chi connectivity index (χ0n) is 11.0. The van der Waals surface area contributed by atoms with Crippen molar-refractivity contribution in [2.24, 2.45) is 5.41 Å². The van der Waals surface area contributed by atoms with Gasteiger partial charge in [-0.2, -0.15) is 0 Å². The average Bonchev–Trinajstić information content (AvgIpc) is 3.00. The van der Waals surface area contributed by atoms with Crippen LogP contribution in [0.3, 0.4) is 0 Å². The molecule has 0 radical (unpaired) electrons. The zero-order valence-corrected chi connectivity index (χ0v) is 12.6. The molecule has 1 aliphatic rings. The van der Waals surface area contributed by atoms with Gasteiger partial charge in [0.15, 0.2) is 9.84 Å². The second kappa shape index (κ2) is 5.02. The van der Waals surface area contributed by atoms with Crippen LogP contribution in [-0.4, -0.2) is 44.7 Å². The lowest BCUT2D eigenvalue weighted by Crippen LogP contribution is -2.28. The summed E-state index contributed by atoms with van der Waals surface area (Å²) in [6.45, 7) is -0.156. The van der Waals surface area contributed by atoms with Crippen molar-refractivity contribution in [3.05, 3.63) is 34.9 Å². The van der Waals surface area contributed by atoms with Crippen molar-refractivity contribution in [1.82, 2.24) is 0 Å². The second-order valence-corrected chi connectivity index (χ2v) is 7.66. The smallest absolute Gasteiger partial charge is 0.314 e. The van der Waals surface area contributed by atoms with Crippen LogP contribution in [0.15, 0.2) is 24.3 Å². The Hall–Kier alpha value is -1.11. The molecule has 0 aliphatic heterocycles. The number of aliphatic carboxylic acids is 1. The lowest BCUT2D eigenvalue weighted by molar-refractivity contribution is -0.145. The van der Waals surface area contributed by atoms with Crippen LogP contribution >= 0.6 is 11.6 Å². The molecule has 0 unspecified atom stereocenters. The van der Waals surface area contributed by atoms with Crippen molar-refractivity contribution < 1.29 is 23.1 Å². The standard InChI is InChI=1S/C13H15ClO5S/c1-19-7-13(12(15)16)10(11(13)20(2,17)18)8-4-3-5-9(14)6-8/h3-6,10-11H,7H2,1-2H3,(H,15,16)/t10-,11-,13+/m0/s1. The Morgan fingerprint density at radius 1 is 1.50 bits per heavy atom. The summed E-state index contributed by atoms with van der Waals surface area (Å²) in [5.74, 6) is -1.81. The molecule has 3 atom stereocenters. The van der Waals surface area contributed by atoms with E-state index in [1.165, 1.54) is 7.11 Å². The Labute approximate surface area is 122 Å². The van der Waals surface area contributed by atoms with Crippen LogP contribution in [0.4, 0.5) is 0 Å². The first-order chi connectivity index (χ1) is 9.25. The number of hydrogen-bond donors (Lipinski definition) is 1. The molecule has 20 heavy (non-hydrogen) atoms. The summed E-state index contributed by atoms with van der Waals surface area (Å²) in [4.78, 5) is 11.6. The second-order valence-electron chi connectivity index (χ2n) is 5.06. The number of carboxylic acids is 1. The highest BCUT2D eigenvalue weighted by atomic mass is 35.5. The third kappa shape index (κ3) is 2.32. The van der Waals surface area contributed by atoms with Crippen LogP contribution in [0.2, 0.25) is 5.02 Å². The molecule has 7 heteroatoms. The first-order valence-corrected chi connectivity index (χ1v) is 8.25. The maximum atomic E-state index is 11.9. The van der Waals surface area contributed by atoms with Crippen molar-refractivity contribution in [1.29, 1.82) is 0 Å². The minimum atomic E-state index is -3.52. The van der Waals surface area contributed by atoms with Gasteiger partial charge in [-0.3, -0.25) is 4.79 Å². The number of halogens is 1. The number of methoxy groups -OCH3 is 1. The maximum Gasteiger partial charge on any atom is 0.314 e. The van der Waals surface area contributed by atoms with Crippen molar-refractivity contribution in [3.63, 3.8) is 0 Å². The largest absolute Gasteiger partial charge is 0.481 e. The minimum Gasteiger partial charge on any atom is -0.481 e. The predicted octanol–water partition coefficient (Wildman–Crippen LogP) is 1.57. The van der Waals surface area contributed by atoms with Gasteiger partial charge in [-0.1, -0.05) is 23.7 Å². The molecular formula is C13H15ClO5S. The quantitative estimate of drug-likeness (QED) is 0.891. The third-order valence-corrected chi connectivity index (χ3v) is 5.56. The fourth-order valence-corrected chi connectivity index (χ4v) is 5.03. The average molecular weight is 319 g/mol. The summed E-state index contributed by atoms with van der Waals surface area (Å²) in [6, 6.07) is 6.62. The molecule has 0 heterocycles. The highest BCUT2D eigenvalue weighted by Gasteiger charge is 2.75. The van der Waals surface area contributed by atoms with Gasteiger partial charge in [0, 0.05) is 24.3 Å². The Morgan fingerprint density at radius 2 is 2.15 bits per heavy atom. The van der Waals surface area contributed by atoms with Crippen LogP contribution in [0.1, 0.15) is 11.5 Å². The van der Waals surface area contributed by atoms with Gasteiger partial charge in [-0.05, 0) is 17.7 Å². The molecule has 0 bridgehead atoms. The Kier molecular flexibility index (Phi) is 3.83. The summed E-state index contributed by atoms with van der Waals surface area (Å²) < 4.78 is 28.8. The summed E-state index contributed by atoms with van der Waals surface area (Å²) in [6.07, 6.45) is 1.05. The van der Waals surface area contributed by atoms with E-state index >= 15 is 0 Å². The fourth-order valence-electron chi connectivity index (χ4n) is 2.93. The van der Waals surface area contributed by atoms with E-state index in [-0.39, 0.29) is 6.61 Å². The fraction of sp³-hybridized carbons (Fsp3) is 0.462. The molecule has 0 spiro atoms. The lowest BCUT2D eigenvalue weighted by Gasteiger charge is -2.11. The Balaban J connectivity index is 2.53. The topological polar surface area (TPSA) is 80.7 Å². The van der Waals surface area contributed by atoms with Gasteiger partial charge in [0.25, 0.3) is 0 Å². The van der Waals surface area contributed by atoms with E-state index < -0.39 is 32.4 Å². The normalized spacial score (nSPS) is 29.1. The molecule has 1 aromatic rings. The molecular weight excluding hydrogens is 304 g/mol. The van der Waals surface area contributed by atoms with Gasteiger partial charge in [0.05, 0.1) is 11.9 Å². The van der Waals surface area contributed by atoms with E-state index in [2.05, 4.69) is 0 Å². The van der Waals surface area contributed by atoms with E-state index in [1.54, 1.807) is 24.3 Å². The number of carbonyl (C=O) groups is 1. The molecule has 1 fully saturated rings. The first-order valence-electron chi connectivity index (χ1n) is 5.92. The number of carboxylic acid groups (broad SMARTS) is 1. The van der Waals surface area contributed by atoms with Crippen molar-refractivity contribution in [2.75, 3.05) is 20.0 Å².